The lowest BCUT2D eigenvalue weighted by atomic mass is 10.2. The summed E-state index contributed by atoms with van der Waals surface area (Å²) in [7, 11) is 0. The zero-order valence-electron chi connectivity index (χ0n) is 19.5. The molecular formula is C27H27BrFN3O3. The molecule has 182 valence electrons. The summed E-state index contributed by atoms with van der Waals surface area (Å²) < 4.78 is 26.2. The monoisotopic (exact) mass is 539 g/mol. The summed E-state index contributed by atoms with van der Waals surface area (Å²) in [4.78, 5) is 14.8. The van der Waals surface area contributed by atoms with Crippen molar-refractivity contribution in [2.45, 2.75) is 26.4 Å². The number of nitrogens with one attached hydrogen (secondary N) is 1. The predicted octanol–water partition coefficient (Wildman–Crippen LogP) is 5.93. The number of benzene rings is 3. The number of rotatable bonds is 9. The Labute approximate surface area is 212 Å². The van der Waals surface area contributed by atoms with E-state index in [1.807, 2.05) is 31.2 Å². The molecule has 0 aromatic heterocycles. The van der Waals surface area contributed by atoms with Gasteiger partial charge in [-0.05, 0) is 78.2 Å². The Morgan fingerprint density at radius 1 is 1.09 bits per heavy atom. The Balaban J connectivity index is 1.41. The molecule has 1 saturated heterocycles. The second-order valence-electron chi connectivity index (χ2n) is 8.07. The van der Waals surface area contributed by atoms with E-state index < -0.39 is 0 Å². The van der Waals surface area contributed by atoms with E-state index >= 15 is 0 Å². The first-order chi connectivity index (χ1) is 17.0. The molecule has 1 N–H and O–H groups in total. The van der Waals surface area contributed by atoms with Gasteiger partial charge in [-0.15, -0.1) is 0 Å². The highest BCUT2D eigenvalue weighted by atomic mass is 79.9. The highest BCUT2D eigenvalue weighted by Gasteiger charge is 2.14. The summed E-state index contributed by atoms with van der Waals surface area (Å²) in [6.07, 6.45) is 3.94. The largest absolute Gasteiger partial charge is 0.490 e. The van der Waals surface area contributed by atoms with Gasteiger partial charge in [-0.3, -0.25) is 4.79 Å². The fourth-order valence-electron chi connectivity index (χ4n) is 3.83. The van der Waals surface area contributed by atoms with Gasteiger partial charge in [-0.25, -0.2) is 9.82 Å². The van der Waals surface area contributed by atoms with Crippen LogP contribution in [-0.4, -0.2) is 31.8 Å². The van der Waals surface area contributed by atoms with Crippen LogP contribution in [0.1, 0.15) is 41.3 Å². The normalized spacial score (nSPS) is 13.3. The number of amides is 1. The number of carbonyl (C=O) groups excluding carboxylic acids is 1. The SMILES string of the molecule is CCOc1cc(/C=N\NC(=O)c2ccc(N3CCCC3)cc2)c(Br)cc1OCc1ccccc1F. The van der Waals surface area contributed by atoms with E-state index in [1.54, 1.807) is 30.3 Å². The summed E-state index contributed by atoms with van der Waals surface area (Å²) in [5, 5.41) is 4.10. The van der Waals surface area contributed by atoms with Crippen LogP contribution < -0.4 is 19.8 Å². The van der Waals surface area contributed by atoms with Gasteiger partial charge in [0.15, 0.2) is 11.5 Å². The highest BCUT2D eigenvalue weighted by Crippen LogP contribution is 2.34. The quantitative estimate of drug-likeness (QED) is 0.270. The average molecular weight is 540 g/mol. The highest BCUT2D eigenvalue weighted by molar-refractivity contribution is 9.10. The van der Waals surface area contributed by atoms with Crippen LogP contribution >= 0.6 is 15.9 Å². The van der Waals surface area contributed by atoms with Crippen LogP contribution in [0.4, 0.5) is 10.1 Å². The molecule has 0 saturated carbocycles. The van der Waals surface area contributed by atoms with Crippen LogP contribution in [0.3, 0.4) is 0 Å². The smallest absolute Gasteiger partial charge is 0.271 e. The van der Waals surface area contributed by atoms with Gasteiger partial charge in [0.1, 0.15) is 12.4 Å². The number of halogens is 2. The number of ether oxygens (including phenoxy) is 2. The van der Waals surface area contributed by atoms with Crippen molar-refractivity contribution in [3.63, 3.8) is 0 Å². The number of carbonyl (C=O) groups is 1. The second-order valence-corrected chi connectivity index (χ2v) is 8.93. The maximum atomic E-state index is 13.9. The van der Waals surface area contributed by atoms with Crippen molar-refractivity contribution in [1.82, 2.24) is 5.43 Å². The fraction of sp³-hybridized carbons (Fsp3) is 0.259. The van der Waals surface area contributed by atoms with Crippen molar-refractivity contribution in [1.29, 1.82) is 0 Å². The molecule has 1 fully saturated rings. The standard InChI is InChI=1S/C27H27BrFN3O3/c1-2-34-25-15-21(23(28)16-26(25)35-18-20-7-3-4-8-24(20)29)17-30-31-27(33)19-9-11-22(12-10-19)32-13-5-6-14-32/h3-4,7-12,15-17H,2,5-6,13-14,18H2,1H3,(H,31,33)/b30-17-. The maximum absolute atomic E-state index is 13.9. The Morgan fingerprint density at radius 2 is 1.80 bits per heavy atom. The lowest BCUT2D eigenvalue weighted by Crippen LogP contribution is -2.19. The second kappa shape index (κ2) is 11.8. The molecule has 1 amide bonds. The number of nitrogens with zero attached hydrogens (tertiary/aromatic N) is 2. The zero-order valence-corrected chi connectivity index (χ0v) is 21.1. The minimum absolute atomic E-state index is 0.0687. The predicted molar refractivity (Wildman–Crippen MR) is 139 cm³/mol. The zero-order chi connectivity index (χ0) is 24.6. The molecule has 1 aliphatic heterocycles. The molecule has 0 radical (unpaired) electrons. The van der Waals surface area contributed by atoms with Crippen LogP contribution in [0, 0.1) is 5.82 Å². The van der Waals surface area contributed by atoms with Crippen molar-refractivity contribution in [3.8, 4) is 11.5 Å². The minimum atomic E-state index is -0.324. The molecule has 1 aliphatic rings. The molecule has 0 unspecified atom stereocenters. The van der Waals surface area contributed by atoms with E-state index in [1.165, 1.54) is 25.1 Å². The van der Waals surface area contributed by atoms with Gasteiger partial charge in [0.25, 0.3) is 5.91 Å². The van der Waals surface area contributed by atoms with Gasteiger partial charge in [-0.1, -0.05) is 18.2 Å². The van der Waals surface area contributed by atoms with Crippen LogP contribution in [-0.2, 0) is 6.61 Å². The van der Waals surface area contributed by atoms with Gasteiger partial charge in [0.05, 0.1) is 12.8 Å². The lowest BCUT2D eigenvalue weighted by molar-refractivity contribution is 0.0955. The van der Waals surface area contributed by atoms with E-state index in [2.05, 4.69) is 31.4 Å². The molecule has 4 rings (SSSR count). The van der Waals surface area contributed by atoms with Crippen molar-refractivity contribution in [2.24, 2.45) is 5.10 Å². The average Bonchev–Trinajstić information content (AvgIpc) is 3.41. The van der Waals surface area contributed by atoms with Crippen LogP contribution in [0.2, 0.25) is 0 Å². The van der Waals surface area contributed by atoms with E-state index in [0.29, 0.717) is 39.3 Å². The van der Waals surface area contributed by atoms with E-state index in [0.717, 1.165) is 18.8 Å². The van der Waals surface area contributed by atoms with Crippen molar-refractivity contribution >= 4 is 33.7 Å². The van der Waals surface area contributed by atoms with Crippen molar-refractivity contribution in [3.05, 3.63) is 87.6 Å². The van der Waals surface area contributed by atoms with E-state index in [9.17, 15) is 9.18 Å². The van der Waals surface area contributed by atoms with Gasteiger partial charge < -0.3 is 14.4 Å². The molecular weight excluding hydrogens is 513 g/mol. The first-order valence-corrected chi connectivity index (χ1v) is 12.4. The number of hydrogen-bond acceptors (Lipinski definition) is 5. The first-order valence-electron chi connectivity index (χ1n) is 11.6. The van der Waals surface area contributed by atoms with Gasteiger partial charge in [0.2, 0.25) is 0 Å². The molecule has 6 nitrogen and oxygen atoms in total. The van der Waals surface area contributed by atoms with E-state index in [-0.39, 0.29) is 18.3 Å². The molecule has 3 aromatic carbocycles. The molecule has 0 spiro atoms. The first kappa shape index (κ1) is 24.7. The van der Waals surface area contributed by atoms with Crippen LogP contribution in [0.5, 0.6) is 11.5 Å². The molecule has 35 heavy (non-hydrogen) atoms. The molecule has 0 aliphatic carbocycles. The summed E-state index contributed by atoms with van der Waals surface area (Å²) >= 11 is 3.51. The molecule has 0 atom stereocenters. The van der Waals surface area contributed by atoms with Crippen molar-refractivity contribution < 1.29 is 18.7 Å². The third kappa shape index (κ3) is 6.39. The van der Waals surface area contributed by atoms with Gasteiger partial charge in [-0.2, -0.15) is 5.10 Å². The van der Waals surface area contributed by atoms with Crippen molar-refractivity contribution in [2.75, 3.05) is 24.6 Å². The third-order valence-corrected chi connectivity index (χ3v) is 6.36. The van der Waals surface area contributed by atoms with Crippen LogP contribution in [0.15, 0.2) is 70.2 Å². The van der Waals surface area contributed by atoms with E-state index in [4.69, 9.17) is 9.47 Å². The van der Waals surface area contributed by atoms with Gasteiger partial charge >= 0.3 is 0 Å². The molecule has 8 heteroatoms. The third-order valence-electron chi connectivity index (χ3n) is 5.67. The Morgan fingerprint density at radius 3 is 2.51 bits per heavy atom. The molecule has 3 aromatic rings. The summed E-state index contributed by atoms with van der Waals surface area (Å²) in [6.45, 7) is 4.48. The Bertz CT molecular complexity index is 1190. The Hall–Kier alpha value is -3.39. The topological polar surface area (TPSA) is 63.2 Å². The Kier molecular flexibility index (Phi) is 8.36. The molecule has 0 bridgehead atoms. The number of anilines is 1. The summed E-state index contributed by atoms with van der Waals surface area (Å²) in [5.41, 5.74) is 5.38. The lowest BCUT2D eigenvalue weighted by Gasteiger charge is -2.17. The minimum Gasteiger partial charge on any atom is -0.490 e. The summed E-state index contributed by atoms with van der Waals surface area (Å²) in [6, 6.07) is 17.5. The number of hydrogen-bond donors (Lipinski definition) is 1. The summed E-state index contributed by atoms with van der Waals surface area (Å²) in [5.74, 6) is 0.355. The number of hydrazone groups is 1. The maximum Gasteiger partial charge on any atom is 0.271 e. The fourth-order valence-corrected chi connectivity index (χ4v) is 4.25. The van der Waals surface area contributed by atoms with Crippen LogP contribution in [0.25, 0.3) is 0 Å². The molecule has 1 heterocycles. The van der Waals surface area contributed by atoms with Gasteiger partial charge in [0, 0.05) is 39.9 Å².